The topological polar surface area (TPSA) is 90.8 Å². The molecule has 0 saturated heterocycles. The number of anilines is 1. The smallest absolute Gasteiger partial charge is 0.249 e. The Morgan fingerprint density at radius 3 is 2.71 bits per heavy atom. The maximum atomic E-state index is 11.8. The van der Waals surface area contributed by atoms with Crippen molar-refractivity contribution in [1.29, 1.82) is 0 Å². The van der Waals surface area contributed by atoms with Gasteiger partial charge in [-0.3, -0.25) is 9.59 Å². The molecule has 2 rings (SSSR count). The first-order chi connectivity index (χ1) is 11.4. The van der Waals surface area contributed by atoms with Crippen LogP contribution in [0.4, 0.5) is 5.69 Å². The molecule has 0 unspecified atom stereocenters. The number of nitrogens with zero attached hydrogens (tertiary/aromatic N) is 1. The average Bonchev–Trinajstić information content (AvgIpc) is 2.51. The lowest BCUT2D eigenvalue weighted by atomic mass is 10.2. The third-order valence-corrected chi connectivity index (χ3v) is 3.46. The van der Waals surface area contributed by atoms with Gasteiger partial charge >= 0.3 is 0 Å². The van der Waals surface area contributed by atoms with Gasteiger partial charge in [0, 0.05) is 10.7 Å². The Kier molecular flexibility index (Phi) is 5.92. The number of phenolic OH excluding ortho intramolecular Hbond substituents is 1. The van der Waals surface area contributed by atoms with Crippen LogP contribution in [-0.4, -0.2) is 23.1 Å². The molecule has 0 saturated carbocycles. The van der Waals surface area contributed by atoms with Crippen LogP contribution >= 0.6 is 11.6 Å². The van der Waals surface area contributed by atoms with Crippen molar-refractivity contribution in [3.05, 3.63) is 58.6 Å². The number of rotatable bonds is 5. The van der Waals surface area contributed by atoms with Crippen LogP contribution in [0.5, 0.6) is 5.75 Å². The largest absolute Gasteiger partial charge is 0.508 e. The maximum absolute atomic E-state index is 11.8. The van der Waals surface area contributed by atoms with Gasteiger partial charge < -0.3 is 10.4 Å². The number of halogens is 1. The van der Waals surface area contributed by atoms with Gasteiger partial charge in [-0.2, -0.15) is 5.10 Å². The Balaban J connectivity index is 1.83. The third-order valence-electron chi connectivity index (χ3n) is 3.05. The minimum Gasteiger partial charge on any atom is -0.508 e. The Hall–Kier alpha value is -2.86. The van der Waals surface area contributed by atoms with Gasteiger partial charge in [0.2, 0.25) is 11.8 Å². The van der Waals surface area contributed by atoms with Gasteiger partial charge in [0.15, 0.2) is 0 Å². The molecule has 0 aliphatic carbocycles. The number of benzene rings is 2. The monoisotopic (exact) mass is 345 g/mol. The molecule has 0 aromatic heterocycles. The minimum atomic E-state index is -0.554. The van der Waals surface area contributed by atoms with E-state index in [4.69, 9.17) is 11.6 Å². The molecule has 124 valence electrons. The van der Waals surface area contributed by atoms with Crippen LogP contribution in [0.15, 0.2) is 47.6 Å². The van der Waals surface area contributed by atoms with Crippen molar-refractivity contribution in [2.24, 2.45) is 5.10 Å². The second-order valence-electron chi connectivity index (χ2n) is 5.08. The number of phenols is 1. The highest BCUT2D eigenvalue weighted by Gasteiger charge is 2.09. The standard InChI is InChI=1S/C17H16ClN3O3/c1-11-5-6-13(8-15(11)18)20-16(23)9-17(24)21-19-10-12-3-2-4-14(22)7-12/h2-8,10,22H,9H2,1H3,(H,20,23)(H,21,24). The third kappa shape index (κ3) is 5.40. The summed E-state index contributed by atoms with van der Waals surface area (Å²) in [6.45, 7) is 1.85. The Bertz CT molecular complexity index is 790. The Labute approximate surface area is 144 Å². The summed E-state index contributed by atoms with van der Waals surface area (Å²) in [4.78, 5) is 23.5. The minimum absolute atomic E-state index is 0.0985. The van der Waals surface area contributed by atoms with Crippen molar-refractivity contribution in [3.8, 4) is 5.75 Å². The van der Waals surface area contributed by atoms with E-state index < -0.39 is 11.8 Å². The van der Waals surface area contributed by atoms with Crippen molar-refractivity contribution >= 4 is 35.3 Å². The summed E-state index contributed by atoms with van der Waals surface area (Å²) in [5.41, 5.74) is 4.29. The number of hydrogen-bond donors (Lipinski definition) is 3. The summed E-state index contributed by atoms with van der Waals surface area (Å²) >= 11 is 5.97. The molecule has 2 amide bonds. The fourth-order valence-corrected chi connectivity index (χ4v) is 2.03. The van der Waals surface area contributed by atoms with Gasteiger partial charge in [-0.1, -0.05) is 29.8 Å². The molecule has 2 aromatic rings. The first kappa shape index (κ1) is 17.5. The van der Waals surface area contributed by atoms with Crippen LogP contribution < -0.4 is 10.7 Å². The van der Waals surface area contributed by atoms with Gasteiger partial charge in [0.05, 0.1) is 6.21 Å². The summed E-state index contributed by atoms with van der Waals surface area (Å²) in [5, 5.41) is 16.2. The van der Waals surface area contributed by atoms with Crippen molar-refractivity contribution in [2.45, 2.75) is 13.3 Å². The molecule has 0 atom stereocenters. The predicted octanol–water partition coefficient (Wildman–Crippen LogP) is 2.83. The van der Waals surface area contributed by atoms with E-state index in [1.165, 1.54) is 18.3 Å². The van der Waals surface area contributed by atoms with Crippen LogP contribution in [0.1, 0.15) is 17.5 Å². The fraction of sp³-hybridized carbons (Fsp3) is 0.118. The number of hydrogen-bond acceptors (Lipinski definition) is 4. The van der Waals surface area contributed by atoms with Crippen molar-refractivity contribution in [2.75, 3.05) is 5.32 Å². The lowest BCUT2D eigenvalue weighted by Gasteiger charge is -2.06. The molecule has 7 heteroatoms. The number of nitrogens with one attached hydrogen (secondary N) is 2. The van der Waals surface area contributed by atoms with Crippen LogP contribution in [0.3, 0.4) is 0 Å². The van der Waals surface area contributed by atoms with E-state index >= 15 is 0 Å². The van der Waals surface area contributed by atoms with Crippen molar-refractivity contribution in [1.82, 2.24) is 5.43 Å². The molecule has 0 aliphatic heterocycles. The van der Waals surface area contributed by atoms with Crippen LogP contribution in [0.25, 0.3) is 0 Å². The molecule has 6 nitrogen and oxygen atoms in total. The molecule has 0 radical (unpaired) electrons. The van der Waals surface area contributed by atoms with Gasteiger partial charge in [-0.25, -0.2) is 5.43 Å². The second kappa shape index (κ2) is 8.12. The summed E-state index contributed by atoms with van der Waals surface area (Å²) < 4.78 is 0. The molecule has 3 N–H and O–H groups in total. The number of carbonyl (C=O) groups excluding carboxylic acids is 2. The summed E-state index contributed by atoms with van der Waals surface area (Å²) in [6, 6.07) is 11.5. The number of aromatic hydroxyl groups is 1. The Morgan fingerprint density at radius 2 is 2.00 bits per heavy atom. The highest BCUT2D eigenvalue weighted by atomic mass is 35.5. The van der Waals surface area contributed by atoms with Crippen molar-refractivity contribution in [3.63, 3.8) is 0 Å². The van der Waals surface area contributed by atoms with Crippen molar-refractivity contribution < 1.29 is 14.7 Å². The van der Waals surface area contributed by atoms with Gasteiger partial charge in [-0.15, -0.1) is 0 Å². The number of carbonyl (C=O) groups is 2. The molecule has 2 aromatic carbocycles. The average molecular weight is 346 g/mol. The predicted molar refractivity (Wildman–Crippen MR) is 93.3 cm³/mol. The summed E-state index contributed by atoms with van der Waals surface area (Å²) in [7, 11) is 0. The summed E-state index contributed by atoms with van der Waals surface area (Å²) in [5.74, 6) is -0.927. The van der Waals surface area contributed by atoms with E-state index in [2.05, 4.69) is 15.8 Å². The number of aryl methyl sites for hydroxylation is 1. The lowest BCUT2D eigenvalue weighted by Crippen LogP contribution is -2.24. The van der Waals surface area contributed by atoms with Gasteiger partial charge in [-0.05, 0) is 42.3 Å². The fourth-order valence-electron chi connectivity index (χ4n) is 1.85. The SMILES string of the molecule is Cc1ccc(NC(=O)CC(=O)NN=Cc2cccc(O)c2)cc1Cl. The normalized spacial score (nSPS) is 10.6. The van der Waals surface area contributed by atoms with E-state index in [0.717, 1.165) is 5.56 Å². The van der Waals surface area contributed by atoms with E-state index in [1.54, 1.807) is 30.3 Å². The Morgan fingerprint density at radius 1 is 1.21 bits per heavy atom. The zero-order valence-corrected chi connectivity index (χ0v) is 13.7. The summed E-state index contributed by atoms with van der Waals surface area (Å²) in [6.07, 6.45) is 0.998. The zero-order valence-electron chi connectivity index (χ0n) is 12.9. The highest BCUT2D eigenvalue weighted by molar-refractivity contribution is 6.31. The van der Waals surface area contributed by atoms with E-state index in [1.807, 2.05) is 6.92 Å². The molecule has 0 aliphatic rings. The molecule has 0 heterocycles. The number of hydrazone groups is 1. The maximum Gasteiger partial charge on any atom is 0.249 e. The molecule has 0 fully saturated rings. The number of amides is 2. The molecule has 0 spiro atoms. The highest BCUT2D eigenvalue weighted by Crippen LogP contribution is 2.19. The molecule has 0 bridgehead atoms. The first-order valence-corrected chi connectivity index (χ1v) is 7.49. The van der Waals surface area contributed by atoms with E-state index in [0.29, 0.717) is 16.3 Å². The zero-order chi connectivity index (χ0) is 17.5. The molecular weight excluding hydrogens is 330 g/mol. The van der Waals surface area contributed by atoms with Crippen LogP contribution in [0, 0.1) is 6.92 Å². The van der Waals surface area contributed by atoms with E-state index in [-0.39, 0.29) is 12.2 Å². The van der Waals surface area contributed by atoms with Gasteiger partial charge in [0.25, 0.3) is 0 Å². The molecular formula is C17H16ClN3O3. The lowest BCUT2D eigenvalue weighted by molar-refractivity contribution is -0.126. The second-order valence-corrected chi connectivity index (χ2v) is 5.48. The quantitative estimate of drug-likeness (QED) is 0.442. The first-order valence-electron chi connectivity index (χ1n) is 7.11. The van der Waals surface area contributed by atoms with E-state index in [9.17, 15) is 14.7 Å². The van der Waals surface area contributed by atoms with Gasteiger partial charge in [0.1, 0.15) is 12.2 Å². The van der Waals surface area contributed by atoms with Crippen LogP contribution in [-0.2, 0) is 9.59 Å². The van der Waals surface area contributed by atoms with Crippen LogP contribution in [0.2, 0.25) is 5.02 Å². The molecule has 24 heavy (non-hydrogen) atoms.